The first-order valence-electron chi connectivity index (χ1n) is 8.82. The molecule has 1 aliphatic rings. The van der Waals surface area contributed by atoms with Crippen molar-refractivity contribution in [2.75, 3.05) is 19.5 Å². The highest BCUT2D eigenvalue weighted by atomic mass is 32.2. The van der Waals surface area contributed by atoms with Crippen LogP contribution in [0, 0.1) is 0 Å². The summed E-state index contributed by atoms with van der Waals surface area (Å²) in [5, 5.41) is -0.912. The molecule has 0 saturated carbocycles. The van der Waals surface area contributed by atoms with Gasteiger partial charge in [0.05, 0.1) is 33.6 Å². The van der Waals surface area contributed by atoms with Crippen LogP contribution in [0.5, 0.6) is 0 Å². The molecule has 0 aliphatic carbocycles. The fourth-order valence-corrected chi connectivity index (χ4v) is 10.4. The second-order valence-corrected chi connectivity index (χ2v) is 16.3. The molecule has 3 atom stereocenters. The Morgan fingerprint density at radius 2 is 1.68 bits per heavy atom. The van der Waals surface area contributed by atoms with Crippen LogP contribution in [0.25, 0.3) is 0 Å². The summed E-state index contributed by atoms with van der Waals surface area (Å²) in [7, 11) is -9.88. The molecule has 25 heavy (non-hydrogen) atoms. The average molecular weight is 417 g/mol. The second-order valence-electron chi connectivity index (χ2n) is 7.32. The van der Waals surface area contributed by atoms with Crippen LogP contribution < -0.4 is 0 Å². The lowest BCUT2D eigenvalue weighted by molar-refractivity contribution is 0.133. The number of epoxide rings is 1. The largest absolute Gasteiger partial charge is 0.366 e. The van der Waals surface area contributed by atoms with Crippen molar-refractivity contribution < 1.29 is 31.0 Å². The summed E-state index contributed by atoms with van der Waals surface area (Å²) in [4.78, 5) is 0. The van der Waals surface area contributed by atoms with Crippen molar-refractivity contribution >= 4 is 25.8 Å². The van der Waals surface area contributed by atoms with Gasteiger partial charge in [-0.15, -0.1) is 0 Å². The molecule has 150 valence electrons. The van der Waals surface area contributed by atoms with Crippen LogP contribution in [0.15, 0.2) is 0 Å². The Morgan fingerprint density at radius 3 is 2.04 bits per heavy atom. The topological polar surface area (TPSA) is 91.4 Å². The molecule has 0 radical (unpaired) electrons. The van der Waals surface area contributed by atoms with Gasteiger partial charge in [-0.1, -0.05) is 39.4 Å². The summed E-state index contributed by atoms with van der Waals surface area (Å²) in [6, 6.07) is 0. The summed E-state index contributed by atoms with van der Waals surface area (Å²) in [5.41, 5.74) is 0. The van der Waals surface area contributed by atoms with Crippen LogP contribution in [0.1, 0.15) is 40.0 Å². The molecule has 0 aromatic rings. The van der Waals surface area contributed by atoms with Gasteiger partial charge >= 0.3 is 7.60 Å². The van der Waals surface area contributed by atoms with Crippen LogP contribution in [0.4, 0.5) is 0 Å². The summed E-state index contributed by atoms with van der Waals surface area (Å²) in [5.74, 6) is -1.27. The number of unbranched alkanes of at least 4 members (excludes halogenated alkanes) is 1. The molecule has 1 aliphatic heterocycles. The van der Waals surface area contributed by atoms with Gasteiger partial charge in [0.25, 0.3) is 10.1 Å². The van der Waals surface area contributed by atoms with Crippen molar-refractivity contribution in [3.05, 3.63) is 0 Å². The monoisotopic (exact) mass is 416 g/mol. The molecule has 0 aromatic heterocycles. The van der Waals surface area contributed by atoms with E-state index >= 15 is 0 Å². The van der Waals surface area contributed by atoms with E-state index in [1.807, 2.05) is 0 Å². The SMILES string of the molecule is CCCC[C@@H]1O[C@]1(C(OS(C)(=O)=O)P(=O)(OCC)OCC)[Si](C)(C)C. The molecule has 7 nitrogen and oxygen atoms in total. The highest BCUT2D eigenvalue weighted by molar-refractivity contribution is 7.86. The molecule has 1 unspecified atom stereocenters. The molecule has 0 aromatic carbocycles. The fourth-order valence-electron chi connectivity index (χ4n) is 3.17. The van der Waals surface area contributed by atoms with E-state index in [0.29, 0.717) is 0 Å². The Morgan fingerprint density at radius 1 is 1.16 bits per heavy atom. The minimum atomic E-state index is -3.88. The highest BCUT2D eigenvalue weighted by Crippen LogP contribution is 2.65. The van der Waals surface area contributed by atoms with E-state index in [0.717, 1.165) is 25.5 Å². The van der Waals surface area contributed by atoms with Crippen molar-refractivity contribution in [3.63, 3.8) is 0 Å². The summed E-state index contributed by atoms with van der Waals surface area (Å²) in [6.07, 6.45) is 3.45. The van der Waals surface area contributed by atoms with Crippen molar-refractivity contribution in [3.8, 4) is 0 Å². The first-order chi connectivity index (χ1) is 11.4. The maximum atomic E-state index is 13.5. The van der Waals surface area contributed by atoms with Gasteiger partial charge < -0.3 is 13.8 Å². The quantitative estimate of drug-likeness (QED) is 0.207. The van der Waals surface area contributed by atoms with E-state index in [4.69, 9.17) is 18.0 Å². The Labute approximate surface area is 153 Å². The molecule has 0 N–H and O–H groups in total. The summed E-state index contributed by atoms with van der Waals surface area (Å²) in [6.45, 7) is 11.9. The third-order valence-corrected chi connectivity index (χ3v) is 10.6. The van der Waals surface area contributed by atoms with Gasteiger partial charge in [0.15, 0.2) is 0 Å². The molecule has 0 amide bonds. The van der Waals surface area contributed by atoms with Crippen LogP contribution in [0.3, 0.4) is 0 Å². The van der Waals surface area contributed by atoms with E-state index in [9.17, 15) is 13.0 Å². The Balaban J connectivity index is 3.40. The van der Waals surface area contributed by atoms with Gasteiger partial charge in [0.2, 0.25) is 5.85 Å². The van der Waals surface area contributed by atoms with Gasteiger partial charge in [0, 0.05) is 0 Å². The Bertz CT molecular complexity index is 579. The summed E-state index contributed by atoms with van der Waals surface area (Å²) < 4.78 is 59.6. The first-order valence-corrected chi connectivity index (χ1v) is 15.8. The minimum absolute atomic E-state index is 0.127. The van der Waals surface area contributed by atoms with Gasteiger partial charge in [-0.2, -0.15) is 8.42 Å². The number of rotatable bonds is 12. The predicted molar refractivity (Wildman–Crippen MR) is 101 cm³/mol. The smallest absolute Gasteiger partial charge is 0.363 e. The molecular weight excluding hydrogens is 383 g/mol. The number of hydrogen-bond acceptors (Lipinski definition) is 7. The molecule has 0 bridgehead atoms. The minimum Gasteiger partial charge on any atom is -0.366 e. The zero-order chi connectivity index (χ0) is 19.5. The zero-order valence-electron chi connectivity index (χ0n) is 16.4. The van der Waals surface area contributed by atoms with Crippen molar-refractivity contribution in [2.45, 2.75) is 76.8 Å². The zero-order valence-corrected chi connectivity index (χ0v) is 19.1. The molecule has 1 rings (SSSR count). The van der Waals surface area contributed by atoms with E-state index in [1.165, 1.54) is 0 Å². The van der Waals surface area contributed by atoms with Crippen LogP contribution in [0.2, 0.25) is 19.6 Å². The van der Waals surface area contributed by atoms with E-state index in [1.54, 1.807) is 13.8 Å². The molecule has 1 heterocycles. The van der Waals surface area contributed by atoms with Gasteiger partial charge in [-0.05, 0) is 20.3 Å². The predicted octanol–water partition coefficient (Wildman–Crippen LogP) is 3.76. The van der Waals surface area contributed by atoms with Gasteiger partial charge in [-0.25, -0.2) is 0 Å². The van der Waals surface area contributed by atoms with Crippen LogP contribution in [-0.2, 0) is 32.7 Å². The summed E-state index contributed by atoms with van der Waals surface area (Å²) >= 11 is 0. The van der Waals surface area contributed by atoms with Crippen molar-refractivity contribution in [1.29, 1.82) is 0 Å². The van der Waals surface area contributed by atoms with Crippen molar-refractivity contribution in [1.82, 2.24) is 0 Å². The van der Waals surface area contributed by atoms with E-state index < -0.39 is 36.9 Å². The third kappa shape index (κ3) is 5.37. The molecular formula is C15H33O7PSSi. The Hall–Kier alpha value is 0.237. The molecule has 1 saturated heterocycles. The molecule has 0 spiro atoms. The second kappa shape index (κ2) is 8.50. The maximum absolute atomic E-state index is 13.5. The number of ether oxygens (including phenoxy) is 1. The maximum Gasteiger partial charge on any atom is 0.363 e. The van der Waals surface area contributed by atoms with Crippen LogP contribution >= 0.6 is 7.60 Å². The Kier molecular flexibility index (Phi) is 7.91. The molecule has 10 heteroatoms. The van der Waals surface area contributed by atoms with Gasteiger partial charge in [0.1, 0.15) is 5.22 Å². The normalized spacial score (nSPS) is 25.8. The van der Waals surface area contributed by atoms with Crippen LogP contribution in [-0.4, -0.2) is 53.1 Å². The van der Waals surface area contributed by atoms with E-state index in [2.05, 4.69) is 26.6 Å². The average Bonchev–Trinajstić information content (AvgIpc) is 3.17. The lowest BCUT2D eigenvalue weighted by Gasteiger charge is -2.36. The molecule has 1 fully saturated rings. The van der Waals surface area contributed by atoms with E-state index in [-0.39, 0.29) is 19.3 Å². The lowest BCUT2D eigenvalue weighted by atomic mass is 10.1. The van der Waals surface area contributed by atoms with Crippen molar-refractivity contribution in [2.24, 2.45) is 0 Å². The standard InChI is InChI=1S/C15H33O7PSSi/c1-8-11-12-13-15(21-13,25(5,6)7)14(22-24(4,17)18)23(16,19-9-2)20-10-3/h13-14H,8-12H2,1-7H3/t13-,14?,15-/m0/s1. The third-order valence-electron chi connectivity index (χ3n) is 4.29. The van der Waals surface area contributed by atoms with Gasteiger partial charge in [-0.3, -0.25) is 8.75 Å². The first kappa shape index (κ1) is 23.3. The fraction of sp³-hybridized carbons (Fsp3) is 1.00. The highest BCUT2D eigenvalue weighted by Gasteiger charge is 2.74. The lowest BCUT2D eigenvalue weighted by Crippen LogP contribution is -2.54. The number of hydrogen-bond donors (Lipinski definition) is 0.